The van der Waals surface area contributed by atoms with Crippen LogP contribution in [0.1, 0.15) is 70.1 Å². The van der Waals surface area contributed by atoms with Crippen molar-refractivity contribution in [1.82, 2.24) is 15.5 Å². The van der Waals surface area contributed by atoms with E-state index in [9.17, 15) is 4.79 Å². The summed E-state index contributed by atoms with van der Waals surface area (Å²) in [5, 5.41) is 11.6. The predicted molar refractivity (Wildman–Crippen MR) is 81.2 cm³/mol. The van der Waals surface area contributed by atoms with Gasteiger partial charge in [-0.1, -0.05) is 37.4 Å². The Hall–Kier alpha value is -1.04. The van der Waals surface area contributed by atoms with Gasteiger partial charge in [-0.15, -0.1) is 10.2 Å². The third-order valence-electron chi connectivity index (χ3n) is 4.20. The van der Waals surface area contributed by atoms with Crippen molar-refractivity contribution in [3.8, 4) is 0 Å². The Bertz CT molecular complexity index is 479. The Morgan fingerprint density at radius 3 is 2.57 bits per heavy atom. The molecule has 0 bridgehead atoms. The molecule has 1 aromatic heterocycles. The van der Waals surface area contributed by atoms with E-state index in [-0.39, 0.29) is 11.2 Å². The van der Waals surface area contributed by atoms with Gasteiger partial charge >= 0.3 is 0 Å². The second-order valence-electron chi connectivity index (χ2n) is 6.14. The second kappa shape index (κ2) is 6.81. The minimum absolute atomic E-state index is 0.0815. The molecule has 2 aliphatic carbocycles. The third-order valence-corrected chi connectivity index (χ3v) is 5.13. The molecular weight excluding hydrogens is 286 g/mol. The zero-order valence-electron chi connectivity index (χ0n) is 12.5. The average Bonchev–Trinajstić information content (AvgIpc) is 3.26. The highest BCUT2D eigenvalue weighted by atomic mass is 32.2. The van der Waals surface area contributed by atoms with Gasteiger partial charge in [0.25, 0.3) is 5.22 Å². The van der Waals surface area contributed by atoms with Gasteiger partial charge in [-0.2, -0.15) is 0 Å². The maximum Gasteiger partial charge on any atom is 0.277 e. The molecular formula is C15H23N3O2S. The quantitative estimate of drug-likeness (QED) is 0.668. The molecule has 2 saturated carbocycles. The predicted octanol–water partition coefficient (Wildman–Crippen LogP) is 3.27. The molecule has 1 heterocycles. The van der Waals surface area contributed by atoms with Crippen molar-refractivity contribution in [3.05, 3.63) is 5.89 Å². The van der Waals surface area contributed by atoms with Crippen LogP contribution in [0.15, 0.2) is 9.64 Å². The summed E-state index contributed by atoms with van der Waals surface area (Å²) in [7, 11) is 0. The summed E-state index contributed by atoms with van der Waals surface area (Å²) in [5.74, 6) is 1.27. The lowest BCUT2D eigenvalue weighted by atomic mass is 10.1. The number of hydrogen-bond acceptors (Lipinski definition) is 5. The summed E-state index contributed by atoms with van der Waals surface area (Å²) >= 11 is 1.36. The maximum atomic E-state index is 12.3. The summed E-state index contributed by atoms with van der Waals surface area (Å²) in [6.07, 6.45) is 9.53. The molecule has 116 valence electrons. The first-order chi connectivity index (χ1) is 10.2. The number of carbonyl (C=O) groups excluding carboxylic acids is 1. The van der Waals surface area contributed by atoms with Crippen LogP contribution in [-0.4, -0.2) is 27.4 Å². The molecule has 1 N–H and O–H groups in total. The lowest BCUT2D eigenvalue weighted by Gasteiger charge is -2.18. The molecule has 0 aliphatic heterocycles. The average molecular weight is 309 g/mol. The molecule has 21 heavy (non-hydrogen) atoms. The summed E-state index contributed by atoms with van der Waals surface area (Å²) in [6.45, 7) is 1.90. The van der Waals surface area contributed by atoms with Gasteiger partial charge in [0.15, 0.2) is 0 Å². The summed E-state index contributed by atoms with van der Waals surface area (Å²) in [4.78, 5) is 12.3. The first kappa shape index (κ1) is 14.9. The minimum atomic E-state index is -0.194. The van der Waals surface area contributed by atoms with Crippen molar-refractivity contribution in [1.29, 1.82) is 0 Å². The van der Waals surface area contributed by atoms with Gasteiger partial charge < -0.3 is 9.73 Å². The number of aromatic nitrogens is 2. The Balaban J connectivity index is 1.48. The fourth-order valence-corrected chi connectivity index (χ4v) is 3.41. The Labute approximate surface area is 129 Å². The minimum Gasteiger partial charge on any atom is -0.416 e. The number of rotatable bonds is 5. The number of amides is 1. The highest BCUT2D eigenvalue weighted by molar-refractivity contribution is 8.00. The van der Waals surface area contributed by atoms with Crippen molar-refractivity contribution >= 4 is 17.7 Å². The molecule has 2 aliphatic rings. The topological polar surface area (TPSA) is 68.0 Å². The second-order valence-corrected chi connectivity index (χ2v) is 7.43. The lowest BCUT2D eigenvalue weighted by Crippen LogP contribution is -2.39. The molecule has 5 nitrogen and oxygen atoms in total. The number of carbonyl (C=O) groups is 1. The van der Waals surface area contributed by atoms with Gasteiger partial charge in [0.2, 0.25) is 11.8 Å². The molecule has 2 fully saturated rings. The van der Waals surface area contributed by atoms with Gasteiger partial charge in [-0.3, -0.25) is 4.79 Å². The lowest BCUT2D eigenvalue weighted by molar-refractivity contribution is -0.121. The van der Waals surface area contributed by atoms with E-state index in [0.29, 0.717) is 17.2 Å². The Morgan fingerprint density at radius 2 is 1.90 bits per heavy atom. The van der Waals surface area contributed by atoms with Crippen LogP contribution in [0.5, 0.6) is 0 Å². The highest BCUT2D eigenvalue weighted by Crippen LogP contribution is 2.40. The van der Waals surface area contributed by atoms with Crippen molar-refractivity contribution in [2.45, 2.75) is 80.7 Å². The van der Waals surface area contributed by atoms with Gasteiger partial charge in [-0.25, -0.2) is 0 Å². The van der Waals surface area contributed by atoms with Crippen LogP contribution < -0.4 is 5.32 Å². The first-order valence-corrected chi connectivity index (χ1v) is 8.91. The van der Waals surface area contributed by atoms with Gasteiger partial charge in [0, 0.05) is 12.0 Å². The Kier molecular flexibility index (Phi) is 4.83. The number of nitrogens with zero attached hydrogens (tertiary/aromatic N) is 2. The summed E-state index contributed by atoms with van der Waals surface area (Å²) in [6, 6.07) is 0.341. The molecule has 1 atom stereocenters. The van der Waals surface area contributed by atoms with Gasteiger partial charge in [0.05, 0.1) is 5.25 Å². The summed E-state index contributed by atoms with van der Waals surface area (Å²) in [5.41, 5.74) is 0. The summed E-state index contributed by atoms with van der Waals surface area (Å²) < 4.78 is 5.60. The molecule has 0 saturated heterocycles. The zero-order valence-corrected chi connectivity index (χ0v) is 13.3. The highest BCUT2D eigenvalue weighted by Gasteiger charge is 2.30. The van der Waals surface area contributed by atoms with E-state index in [2.05, 4.69) is 15.5 Å². The van der Waals surface area contributed by atoms with E-state index in [1.54, 1.807) is 0 Å². The fourth-order valence-electron chi connectivity index (χ4n) is 2.71. The molecule has 1 aromatic rings. The van der Waals surface area contributed by atoms with Crippen LogP contribution in [0.2, 0.25) is 0 Å². The third kappa shape index (κ3) is 4.22. The van der Waals surface area contributed by atoms with Crippen molar-refractivity contribution < 1.29 is 9.21 Å². The largest absolute Gasteiger partial charge is 0.416 e. The standard InChI is InChI=1S/C15H23N3O2S/c1-10(13(19)16-12-6-4-2-3-5-7-12)21-15-18-17-14(20-15)11-8-9-11/h10-12H,2-9H2,1H3,(H,16,19)/t10-/m0/s1. The van der Waals surface area contributed by atoms with E-state index in [1.807, 2.05) is 6.92 Å². The van der Waals surface area contributed by atoms with Crippen molar-refractivity contribution in [3.63, 3.8) is 0 Å². The number of nitrogens with one attached hydrogen (secondary N) is 1. The zero-order chi connectivity index (χ0) is 14.7. The van der Waals surface area contributed by atoms with E-state index < -0.39 is 0 Å². The van der Waals surface area contributed by atoms with Gasteiger partial charge in [0.1, 0.15) is 0 Å². The number of hydrogen-bond donors (Lipinski definition) is 1. The number of thioether (sulfide) groups is 1. The van der Waals surface area contributed by atoms with Crippen LogP contribution in [0.25, 0.3) is 0 Å². The van der Waals surface area contributed by atoms with E-state index >= 15 is 0 Å². The van der Waals surface area contributed by atoms with Crippen LogP contribution in [0.3, 0.4) is 0 Å². The molecule has 0 spiro atoms. The molecule has 1 amide bonds. The molecule has 0 aromatic carbocycles. The van der Waals surface area contributed by atoms with Crippen LogP contribution in [-0.2, 0) is 4.79 Å². The molecule has 6 heteroatoms. The SMILES string of the molecule is C[C@H](Sc1nnc(C2CC2)o1)C(=O)NC1CCCCCC1. The molecule has 3 rings (SSSR count). The first-order valence-electron chi connectivity index (χ1n) is 8.03. The normalized spacial score (nSPS) is 21.8. The van der Waals surface area contributed by atoms with Crippen LogP contribution in [0, 0.1) is 0 Å². The van der Waals surface area contributed by atoms with Crippen molar-refractivity contribution in [2.24, 2.45) is 0 Å². The van der Waals surface area contributed by atoms with E-state index in [4.69, 9.17) is 4.42 Å². The Morgan fingerprint density at radius 1 is 1.19 bits per heavy atom. The maximum absolute atomic E-state index is 12.3. The monoisotopic (exact) mass is 309 g/mol. The van der Waals surface area contributed by atoms with Gasteiger partial charge in [-0.05, 0) is 32.6 Å². The molecule has 0 unspecified atom stereocenters. The van der Waals surface area contributed by atoms with Crippen LogP contribution >= 0.6 is 11.8 Å². The fraction of sp³-hybridized carbons (Fsp3) is 0.800. The van der Waals surface area contributed by atoms with Crippen LogP contribution in [0.4, 0.5) is 0 Å². The van der Waals surface area contributed by atoms with E-state index in [0.717, 1.165) is 31.6 Å². The van der Waals surface area contributed by atoms with E-state index in [1.165, 1.54) is 37.4 Å². The molecule has 0 radical (unpaired) electrons. The van der Waals surface area contributed by atoms with Crippen molar-refractivity contribution in [2.75, 3.05) is 0 Å². The smallest absolute Gasteiger partial charge is 0.277 e.